The van der Waals surface area contributed by atoms with Crippen molar-refractivity contribution in [3.63, 3.8) is 0 Å². The molecule has 2 fully saturated rings. The van der Waals surface area contributed by atoms with E-state index in [4.69, 9.17) is 9.47 Å². The Kier molecular flexibility index (Phi) is 3.33. The van der Waals surface area contributed by atoms with Gasteiger partial charge in [-0.25, -0.2) is 0 Å². The number of ether oxygens (including phenoxy) is 2. The zero-order valence-electron chi connectivity index (χ0n) is 10.4. The monoisotopic (exact) mass is 246 g/mol. The molecule has 1 aliphatic heterocycles. The Morgan fingerprint density at radius 1 is 1.33 bits per heavy atom. The maximum Gasteiger partial charge on any atom is 0.163 e. The second-order valence-corrected chi connectivity index (χ2v) is 5.20. The first kappa shape index (κ1) is 11.7. The van der Waals surface area contributed by atoms with E-state index < -0.39 is 0 Å². The van der Waals surface area contributed by atoms with Crippen LogP contribution >= 0.6 is 0 Å². The second kappa shape index (κ2) is 5.11. The summed E-state index contributed by atoms with van der Waals surface area (Å²) in [7, 11) is 0. The summed E-state index contributed by atoms with van der Waals surface area (Å²) < 4.78 is 11.0. The molecule has 3 nitrogen and oxygen atoms in total. The van der Waals surface area contributed by atoms with Crippen molar-refractivity contribution in [3.8, 4) is 5.75 Å². The van der Waals surface area contributed by atoms with Gasteiger partial charge in [0.05, 0.1) is 6.10 Å². The molecule has 18 heavy (non-hydrogen) atoms. The smallest absolute Gasteiger partial charge is 0.163 e. The largest absolute Gasteiger partial charge is 0.490 e. The van der Waals surface area contributed by atoms with Gasteiger partial charge in [-0.2, -0.15) is 0 Å². The average molecular weight is 246 g/mol. The molecule has 96 valence electrons. The number of carbonyl (C=O) groups excluding carboxylic acids is 1. The molecule has 0 bridgehead atoms. The molecular weight excluding hydrogens is 228 g/mol. The van der Waals surface area contributed by atoms with Gasteiger partial charge in [-0.1, -0.05) is 12.1 Å². The average Bonchev–Trinajstić information content (AvgIpc) is 3.04. The van der Waals surface area contributed by atoms with E-state index in [9.17, 15) is 4.79 Å². The highest BCUT2D eigenvalue weighted by atomic mass is 16.5. The van der Waals surface area contributed by atoms with Crippen molar-refractivity contribution in [2.45, 2.75) is 31.8 Å². The molecule has 1 atom stereocenters. The highest BCUT2D eigenvalue weighted by Crippen LogP contribution is 2.27. The summed E-state index contributed by atoms with van der Waals surface area (Å²) in [6, 6.07) is 7.57. The van der Waals surface area contributed by atoms with Crippen molar-refractivity contribution in [2.24, 2.45) is 5.92 Å². The van der Waals surface area contributed by atoms with Gasteiger partial charge >= 0.3 is 0 Å². The molecule has 0 aromatic heterocycles. The van der Waals surface area contributed by atoms with Crippen LogP contribution in [0.15, 0.2) is 24.3 Å². The van der Waals surface area contributed by atoms with Gasteiger partial charge in [-0.15, -0.1) is 0 Å². The van der Waals surface area contributed by atoms with Crippen LogP contribution < -0.4 is 4.74 Å². The highest BCUT2D eigenvalue weighted by molar-refractivity contribution is 5.96. The number of ketones is 1. The summed E-state index contributed by atoms with van der Waals surface area (Å²) >= 11 is 0. The Hall–Kier alpha value is -1.35. The van der Waals surface area contributed by atoms with E-state index >= 15 is 0 Å². The predicted octanol–water partition coefficient (Wildman–Crippen LogP) is 2.84. The minimum atomic E-state index is 0.201. The number of carbonyl (C=O) groups is 1. The summed E-state index contributed by atoms with van der Waals surface area (Å²) in [4.78, 5) is 12.1. The van der Waals surface area contributed by atoms with Gasteiger partial charge in [0.1, 0.15) is 5.75 Å². The van der Waals surface area contributed by atoms with Gasteiger partial charge in [0.2, 0.25) is 0 Å². The summed E-state index contributed by atoms with van der Waals surface area (Å²) in [6.45, 7) is 1.52. The van der Waals surface area contributed by atoms with Crippen LogP contribution in [-0.2, 0) is 4.74 Å². The van der Waals surface area contributed by atoms with Crippen molar-refractivity contribution < 1.29 is 14.3 Å². The Balaban J connectivity index is 1.64. The molecule has 1 saturated heterocycles. The molecule has 1 aromatic rings. The van der Waals surface area contributed by atoms with Crippen molar-refractivity contribution >= 4 is 5.78 Å². The fraction of sp³-hybridized carbons (Fsp3) is 0.533. The van der Waals surface area contributed by atoms with Crippen LogP contribution in [0.2, 0.25) is 0 Å². The Labute approximate surface area is 107 Å². The molecular formula is C15H18O3. The summed E-state index contributed by atoms with van der Waals surface area (Å²) in [6.07, 6.45) is 4.24. The molecule has 0 N–H and O–H groups in total. The van der Waals surface area contributed by atoms with Crippen LogP contribution in [-0.4, -0.2) is 25.1 Å². The first-order chi connectivity index (χ1) is 8.81. The number of hydrogen-bond acceptors (Lipinski definition) is 3. The molecule has 1 unspecified atom stereocenters. The molecule has 0 amide bonds. The lowest BCUT2D eigenvalue weighted by Gasteiger charge is -2.08. The molecule has 1 aromatic carbocycles. The quantitative estimate of drug-likeness (QED) is 0.749. The van der Waals surface area contributed by atoms with Crippen LogP contribution in [0.3, 0.4) is 0 Å². The first-order valence-corrected chi connectivity index (χ1v) is 6.69. The van der Waals surface area contributed by atoms with Gasteiger partial charge in [-0.05, 0) is 37.3 Å². The molecule has 3 heteroatoms. The lowest BCUT2D eigenvalue weighted by Crippen LogP contribution is -2.09. The van der Waals surface area contributed by atoms with Crippen LogP contribution in [0.1, 0.15) is 36.0 Å². The van der Waals surface area contributed by atoms with Crippen LogP contribution in [0.5, 0.6) is 5.75 Å². The fourth-order valence-corrected chi connectivity index (χ4v) is 2.25. The highest BCUT2D eigenvalue weighted by Gasteiger charge is 2.24. The molecule has 3 rings (SSSR count). The topological polar surface area (TPSA) is 35.5 Å². The molecule has 1 heterocycles. The summed E-state index contributed by atoms with van der Waals surface area (Å²) in [5, 5.41) is 0. The number of rotatable bonds is 5. The van der Waals surface area contributed by atoms with Gasteiger partial charge in [0.25, 0.3) is 0 Å². The van der Waals surface area contributed by atoms with Crippen molar-refractivity contribution in [3.05, 3.63) is 29.8 Å². The van der Waals surface area contributed by atoms with E-state index in [0.717, 1.165) is 43.8 Å². The third-order valence-electron chi connectivity index (χ3n) is 3.48. The molecule has 0 radical (unpaired) electrons. The van der Waals surface area contributed by atoms with E-state index in [0.29, 0.717) is 18.4 Å². The van der Waals surface area contributed by atoms with E-state index in [-0.39, 0.29) is 5.78 Å². The summed E-state index contributed by atoms with van der Waals surface area (Å²) in [5.41, 5.74) is 0.764. The van der Waals surface area contributed by atoms with Gasteiger partial charge in [-0.3, -0.25) is 4.79 Å². The Bertz CT molecular complexity index is 431. The number of Topliss-reactive ketones (excluding diaryl/α,β-unsaturated/α-hetero) is 1. The van der Waals surface area contributed by atoms with E-state index in [1.54, 1.807) is 0 Å². The second-order valence-electron chi connectivity index (χ2n) is 5.20. The number of benzene rings is 1. The third-order valence-corrected chi connectivity index (χ3v) is 3.48. The van der Waals surface area contributed by atoms with Gasteiger partial charge in [0, 0.05) is 25.2 Å². The van der Waals surface area contributed by atoms with E-state index in [1.165, 1.54) is 0 Å². The standard InChI is InChI=1S/C15H18O3/c16-15(8-11-6-7-17-10-11)12-2-1-3-14(9-12)18-13-4-5-13/h1-3,9,11,13H,4-8,10H2. The lowest BCUT2D eigenvalue weighted by molar-refractivity contribution is 0.0952. The lowest BCUT2D eigenvalue weighted by atomic mass is 9.98. The van der Waals surface area contributed by atoms with Crippen LogP contribution in [0, 0.1) is 5.92 Å². The molecule has 1 saturated carbocycles. The minimum Gasteiger partial charge on any atom is -0.490 e. The van der Waals surface area contributed by atoms with Crippen molar-refractivity contribution in [1.82, 2.24) is 0 Å². The molecule has 2 aliphatic rings. The minimum absolute atomic E-state index is 0.201. The van der Waals surface area contributed by atoms with Crippen LogP contribution in [0.25, 0.3) is 0 Å². The first-order valence-electron chi connectivity index (χ1n) is 6.69. The predicted molar refractivity (Wildman–Crippen MR) is 68.0 cm³/mol. The van der Waals surface area contributed by atoms with Crippen molar-refractivity contribution in [1.29, 1.82) is 0 Å². The summed E-state index contributed by atoms with van der Waals surface area (Å²) in [5.74, 6) is 1.42. The van der Waals surface area contributed by atoms with E-state index in [1.807, 2.05) is 24.3 Å². The molecule has 0 spiro atoms. The van der Waals surface area contributed by atoms with Gasteiger partial charge < -0.3 is 9.47 Å². The zero-order chi connectivity index (χ0) is 12.4. The van der Waals surface area contributed by atoms with Crippen LogP contribution in [0.4, 0.5) is 0 Å². The molecule has 1 aliphatic carbocycles. The normalized spacial score (nSPS) is 23.0. The van der Waals surface area contributed by atoms with Gasteiger partial charge in [0.15, 0.2) is 5.78 Å². The fourth-order valence-electron chi connectivity index (χ4n) is 2.25. The SMILES string of the molecule is O=C(CC1CCOC1)c1cccc(OC2CC2)c1. The zero-order valence-corrected chi connectivity index (χ0v) is 10.4. The van der Waals surface area contributed by atoms with E-state index in [2.05, 4.69) is 0 Å². The number of hydrogen-bond donors (Lipinski definition) is 0. The maximum absolute atomic E-state index is 12.1. The Morgan fingerprint density at radius 3 is 2.94 bits per heavy atom. The van der Waals surface area contributed by atoms with Crippen molar-refractivity contribution in [2.75, 3.05) is 13.2 Å². The Morgan fingerprint density at radius 2 is 2.22 bits per heavy atom. The third kappa shape index (κ3) is 2.91. The maximum atomic E-state index is 12.1.